The number of anilines is 1. The number of phenolic OH excluding ortho intramolecular Hbond substituents is 1. The molecule has 10 heteroatoms. The maximum atomic E-state index is 14.6. The molecule has 8 rings (SSSR count). The van der Waals surface area contributed by atoms with Gasteiger partial charge < -0.3 is 5.11 Å². The predicted octanol–water partition coefficient (Wildman–Crippen LogP) is 6.58. The van der Waals surface area contributed by atoms with Gasteiger partial charge in [-0.15, -0.1) is 23.2 Å². The van der Waals surface area contributed by atoms with Crippen LogP contribution in [0.25, 0.3) is 10.8 Å². The second-order valence-corrected chi connectivity index (χ2v) is 14.6. The van der Waals surface area contributed by atoms with Crippen LogP contribution in [0.3, 0.4) is 0 Å². The smallest absolute Gasteiger partial charge is 0.258 e. The van der Waals surface area contributed by atoms with Gasteiger partial charge in [-0.25, -0.2) is 9.29 Å². The van der Waals surface area contributed by atoms with Gasteiger partial charge in [-0.1, -0.05) is 67.3 Å². The van der Waals surface area contributed by atoms with Crippen LogP contribution in [0.15, 0.2) is 72.3 Å². The average molecular weight is 662 g/mol. The third-order valence-electron chi connectivity index (χ3n) is 11.1. The van der Waals surface area contributed by atoms with Crippen LogP contribution >= 0.6 is 23.2 Å². The summed E-state index contributed by atoms with van der Waals surface area (Å²) in [6.07, 6.45) is 6.47. The number of halogens is 3. The molecule has 236 valence electrons. The Morgan fingerprint density at radius 2 is 1.54 bits per heavy atom. The molecule has 3 aliphatic carbocycles. The van der Waals surface area contributed by atoms with E-state index in [1.807, 2.05) is 24.3 Å². The monoisotopic (exact) mass is 660 g/mol. The van der Waals surface area contributed by atoms with Gasteiger partial charge in [0.1, 0.15) is 11.6 Å². The number of benzene rings is 3. The molecular formula is C36H31Cl2FN2O5. The van der Waals surface area contributed by atoms with Crippen molar-refractivity contribution in [3.8, 4) is 5.75 Å². The lowest BCUT2D eigenvalue weighted by atomic mass is 9.56. The summed E-state index contributed by atoms with van der Waals surface area (Å²) in [5.41, 5.74) is 1.03. The maximum Gasteiger partial charge on any atom is 0.258 e. The molecule has 6 unspecified atom stereocenters. The second-order valence-electron chi connectivity index (χ2n) is 13.3. The largest absolute Gasteiger partial charge is 0.507 e. The Hall–Kier alpha value is -3.75. The van der Waals surface area contributed by atoms with Crippen LogP contribution in [0.5, 0.6) is 5.75 Å². The van der Waals surface area contributed by atoms with Crippen LogP contribution in [0.1, 0.15) is 56.4 Å². The highest BCUT2D eigenvalue weighted by Crippen LogP contribution is 2.66. The Kier molecular flexibility index (Phi) is 6.69. The van der Waals surface area contributed by atoms with E-state index in [0.717, 1.165) is 54.5 Å². The van der Waals surface area contributed by atoms with Crippen molar-refractivity contribution in [3.05, 3.63) is 83.7 Å². The molecule has 4 fully saturated rings. The van der Waals surface area contributed by atoms with Crippen LogP contribution < -0.4 is 4.90 Å². The lowest BCUT2D eigenvalue weighted by Gasteiger charge is -2.50. The number of fused-ring (bicyclic) bond motifs is 5. The number of phenols is 1. The third-order valence-corrected chi connectivity index (χ3v) is 12.5. The van der Waals surface area contributed by atoms with Gasteiger partial charge in [0.05, 0.1) is 17.5 Å². The zero-order chi connectivity index (χ0) is 32.1. The van der Waals surface area contributed by atoms with Crippen molar-refractivity contribution in [1.29, 1.82) is 0 Å². The predicted molar refractivity (Wildman–Crippen MR) is 171 cm³/mol. The number of alkyl halides is 2. The number of rotatable bonds is 3. The molecule has 5 aliphatic rings. The van der Waals surface area contributed by atoms with Crippen LogP contribution in [0.2, 0.25) is 0 Å². The molecule has 0 spiro atoms. The van der Waals surface area contributed by atoms with E-state index in [1.54, 1.807) is 18.2 Å². The molecule has 2 heterocycles. The summed E-state index contributed by atoms with van der Waals surface area (Å²) < 4.78 is 13.9. The van der Waals surface area contributed by atoms with Gasteiger partial charge in [-0.05, 0) is 61.3 Å². The van der Waals surface area contributed by atoms with Crippen molar-refractivity contribution in [3.63, 3.8) is 0 Å². The van der Waals surface area contributed by atoms with Gasteiger partial charge in [-0.3, -0.25) is 24.1 Å². The molecule has 2 aliphatic heterocycles. The van der Waals surface area contributed by atoms with Crippen LogP contribution in [-0.4, -0.2) is 49.4 Å². The minimum atomic E-state index is -2.11. The zero-order valence-corrected chi connectivity index (χ0v) is 26.3. The first-order valence-corrected chi connectivity index (χ1v) is 16.6. The summed E-state index contributed by atoms with van der Waals surface area (Å²) in [5.74, 6) is -5.89. The molecule has 6 atom stereocenters. The van der Waals surface area contributed by atoms with Gasteiger partial charge in [0, 0.05) is 22.9 Å². The summed E-state index contributed by atoms with van der Waals surface area (Å²) in [4.78, 5) is 55.3. The molecule has 0 bridgehead atoms. The molecule has 0 radical (unpaired) electrons. The molecule has 2 saturated carbocycles. The normalized spacial score (nSPS) is 32.9. The SMILES string of the molecule is O=C1C2CC=C3C(CC4(Cl)C(=O)N(c5ccc(F)cc5)C(=O)C4(Cl)C3c3ccc4ccccc4c3O)C2C(=O)N1C1CCCCC1. The van der Waals surface area contributed by atoms with E-state index in [4.69, 9.17) is 23.2 Å². The van der Waals surface area contributed by atoms with Crippen molar-refractivity contribution in [2.24, 2.45) is 17.8 Å². The molecule has 3 aromatic carbocycles. The highest BCUT2D eigenvalue weighted by Gasteiger charge is 2.77. The van der Waals surface area contributed by atoms with Gasteiger partial charge in [-0.2, -0.15) is 0 Å². The first kappa shape index (κ1) is 29.6. The van der Waals surface area contributed by atoms with Crippen LogP contribution in [-0.2, 0) is 19.2 Å². The minimum absolute atomic E-state index is 0.107. The molecule has 3 aromatic rings. The lowest BCUT2D eigenvalue weighted by molar-refractivity contribution is -0.143. The number of hydrogen-bond acceptors (Lipinski definition) is 5. The zero-order valence-electron chi connectivity index (χ0n) is 24.8. The quantitative estimate of drug-likeness (QED) is 0.195. The van der Waals surface area contributed by atoms with E-state index in [9.17, 15) is 28.7 Å². The Balaban J connectivity index is 1.31. The van der Waals surface area contributed by atoms with Gasteiger partial charge in [0.2, 0.25) is 11.8 Å². The van der Waals surface area contributed by atoms with Crippen molar-refractivity contribution in [2.75, 3.05) is 4.90 Å². The van der Waals surface area contributed by atoms with Gasteiger partial charge in [0.25, 0.3) is 11.8 Å². The summed E-state index contributed by atoms with van der Waals surface area (Å²) >= 11 is 14.9. The summed E-state index contributed by atoms with van der Waals surface area (Å²) in [7, 11) is 0. The summed E-state index contributed by atoms with van der Waals surface area (Å²) in [6.45, 7) is 0. The number of carbonyl (C=O) groups is 4. The molecule has 1 N–H and O–H groups in total. The number of nitrogens with zero attached hydrogens (tertiary/aromatic N) is 2. The highest BCUT2D eigenvalue weighted by atomic mass is 35.5. The van der Waals surface area contributed by atoms with Crippen molar-refractivity contribution in [2.45, 2.75) is 66.7 Å². The van der Waals surface area contributed by atoms with Crippen molar-refractivity contribution >= 4 is 63.3 Å². The Morgan fingerprint density at radius 1 is 0.826 bits per heavy atom. The summed E-state index contributed by atoms with van der Waals surface area (Å²) in [6, 6.07) is 15.5. The van der Waals surface area contributed by atoms with E-state index >= 15 is 0 Å². The topological polar surface area (TPSA) is 95.0 Å². The fourth-order valence-corrected chi connectivity index (χ4v) is 9.90. The number of amides is 4. The van der Waals surface area contributed by atoms with Crippen molar-refractivity contribution in [1.82, 2.24) is 4.90 Å². The molecule has 0 aromatic heterocycles. The van der Waals surface area contributed by atoms with E-state index < -0.39 is 51.1 Å². The molecule has 7 nitrogen and oxygen atoms in total. The molecule has 2 saturated heterocycles. The number of hydrogen-bond donors (Lipinski definition) is 1. The number of likely N-dealkylation sites (tertiary alicyclic amines) is 1. The van der Waals surface area contributed by atoms with Crippen LogP contribution in [0.4, 0.5) is 10.1 Å². The lowest BCUT2D eigenvalue weighted by Crippen LogP contribution is -2.60. The Bertz CT molecular complexity index is 1870. The molecule has 4 amide bonds. The second kappa shape index (κ2) is 10.4. The molecule has 46 heavy (non-hydrogen) atoms. The average Bonchev–Trinajstić information content (AvgIpc) is 3.40. The van der Waals surface area contributed by atoms with E-state index in [2.05, 4.69) is 0 Å². The molecular weight excluding hydrogens is 630 g/mol. The van der Waals surface area contributed by atoms with Gasteiger partial charge >= 0.3 is 0 Å². The summed E-state index contributed by atoms with van der Waals surface area (Å²) in [5, 5.41) is 13.0. The van der Waals surface area contributed by atoms with Gasteiger partial charge in [0.15, 0.2) is 9.75 Å². The number of imide groups is 2. The van der Waals surface area contributed by atoms with Crippen molar-refractivity contribution < 1.29 is 28.7 Å². The minimum Gasteiger partial charge on any atom is -0.507 e. The Morgan fingerprint density at radius 3 is 2.28 bits per heavy atom. The fourth-order valence-electron chi connectivity index (χ4n) is 8.97. The number of aromatic hydroxyl groups is 1. The standard InChI is InChI=1S/C36H31Cl2FN2O5/c37-35-18-27-24(16-17-25-28(27)32(44)40(31(25)43)21-7-2-1-3-8-21)29(26-15-10-19-6-4-5-9-23(19)30(26)42)36(35,38)34(46)41(33(35)45)22-13-11-20(39)12-14-22/h4-6,9-16,21,25,27-29,42H,1-3,7-8,17-18H2. The first-order valence-electron chi connectivity index (χ1n) is 15.9. The van der Waals surface area contributed by atoms with E-state index in [-0.39, 0.29) is 42.1 Å². The highest BCUT2D eigenvalue weighted by molar-refractivity contribution is 6.58. The van der Waals surface area contributed by atoms with E-state index in [0.29, 0.717) is 16.5 Å². The Labute approximate surface area is 274 Å². The maximum absolute atomic E-state index is 14.6. The fraction of sp³-hybridized carbons (Fsp3) is 0.389. The third kappa shape index (κ3) is 3.83. The van der Waals surface area contributed by atoms with E-state index in [1.165, 1.54) is 17.0 Å². The van der Waals surface area contributed by atoms with Crippen LogP contribution in [0, 0.1) is 23.6 Å². The number of carbonyl (C=O) groups excluding carboxylic acids is 4. The first-order chi connectivity index (χ1) is 22.1. The number of allylic oxidation sites excluding steroid dienone is 2.